The van der Waals surface area contributed by atoms with Gasteiger partial charge in [0.2, 0.25) is 5.91 Å². The third kappa shape index (κ3) is 5.27. The average Bonchev–Trinajstić information content (AvgIpc) is 2.71. The van der Waals surface area contributed by atoms with Crippen LogP contribution in [0.5, 0.6) is 5.75 Å². The van der Waals surface area contributed by atoms with Crippen molar-refractivity contribution in [2.24, 2.45) is 0 Å². The molecule has 0 fully saturated rings. The summed E-state index contributed by atoms with van der Waals surface area (Å²) in [5, 5.41) is 2.91. The van der Waals surface area contributed by atoms with Gasteiger partial charge in [0.25, 0.3) is 5.56 Å². The van der Waals surface area contributed by atoms with Crippen LogP contribution in [0.4, 0.5) is 5.69 Å². The van der Waals surface area contributed by atoms with Gasteiger partial charge in [0.1, 0.15) is 6.54 Å². The van der Waals surface area contributed by atoms with Crippen molar-refractivity contribution in [3.05, 3.63) is 83.3 Å². The molecule has 144 valence electrons. The molecule has 2 aromatic carbocycles. The second-order valence-corrected chi connectivity index (χ2v) is 7.23. The summed E-state index contributed by atoms with van der Waals surface area (Å²) in [6.07, 6.45) is 2.40. The highest BCUT2D eigenvalue weighted by molar-refractivity contribution is 7.99. The molecule has 0 saturated heterocycles. The van der Waals surface area contributed by atoms with E-state index in [1.54, 1.807) is 30.1 Å². The van der Waals surface area contributed by atoms with E-state index in [-0.39, 0.29) is 23.8 Å². The molecule has 3 rings (SSSR count). The zero-order valence-corrected chi connectivity index (χ0v) is 16.4. The number of anilines is 1. The smallest absolute Gasteiger partial charge is 0.293 e. The average molecular weight is 394 g/mol. The molecule has 0 aliphatic heterocycles. The van der Waals surface area contributed by atoms with E-state index in [0.717, 1.165) is 16.2 Å². The Morgan fingerprint density at radius 2 is 1.79 bits per heavy atom. The Bertz CT molecular complexity index is 986. The van der Waals surface area contributed by atoms with E-state index < -0.39 is 0 Å². The Balaban J connectivity index is 1.72. The molecule has 0 radical (unpaired) electrons. The topological polar surface area (TPSA) is 60.3 Å². The second-order valence-electron chi connectivity index (χ2n) is 6.11. The standard InChI is InChI=1S/C22H22N2O3S/c1-2-15-27-19-12-8-14-24(22(19)26)16-21(25)23-18-11-6-7-13-20(18)28-17-9-4-3-5-10-17/h3-14H,2,15-16H2,1H3,(H,23,25). The maximum atomic E-state index is 12.5. The molecular formula is C22H22N2O3S. The van der Waals surface area contributed by atoms with Crippen LogP contribution < -0.4 is 15.6 Å². The number of para-hydroxylation sites is 1. The third-order valence-corrected chi connectivity index (χ3v) is 4.98. The summed E-state index contributed by atoms with van der Waals surface area (Å²) >= 11 is 1.57. The van der Waals surface area contributed by atoms with Gasteiger partial charge in [-0.15, -0.1) is 0 Å². The maximum absolute atomic E-state index is 12.5. The molecule has 0 aliphatic carbocycles. The molecular weight excluding hydrogens is 372 g/mol. The molecule has 0 saturated carbocycles. The molecule has 1 amide bonds. The molecule has 28 heavy (non-hydrogen) atoms. The van der Waals surface area contributed by atoms with Crippen molar-refractivity contribution in [1.29, 1.82) is 0 Å². The lowest BCUT2D eigenvalue weighted by molar-refractivity contribution is -0.116. The van der Waals surface area contributed by atoms with Gasteiger partial charge in [0, 0.05) is 16.0 Å². The van der Waals surface area contributed by atoms with Crippen molar-refractivity contribution < 1.29 is 9.53 Å². The van der Waals surface area contributed by atoms with Crippen molar-refractivity contribution in [1.82, 2.24) is 4.57 Å². The van der Waals surface area contributed by atoms with Gasteiger partial charge in [-0.3, -0.25) is 9.59 Å². The molecule has 0 unspecified atom stereocenters. The number of aromatic nitrogens is 1. The first-order valence-electron chi connectivity index (χ1n) is 9.11. The van der Waals surface area contributed by atoms with Crippen LogP contribution in [0.3, 0.4) is 0 Å². The number of nitrogens with one attached hydrogen (secondary N) is 1. The monoisotopic (exact) mass is 394 g/mol. The number of carbonyl (C=O) groups excluding carboxylic acids is 1. The molecule has 0 aliphatic rings. The molecule has 6 heteroatoms. The van der Waals surface area contributed by atoms with Crippen molar-refractivity contribution in [2.75, 3.05) is 11.9 Å². The molecule has 3 aromatic rings. The van der Waals surface area contributed by atoms with E-state index in [4.69, 9.17) is 4.74 Å². The minimum absolute atomic E-state index is 0.0769. The first-order chi connectivity index (χ1) is 13.7. The summed E-state index contributed by atoms with van der Waals surface area (Å²) in [6, 6.07) is 20.9. The minimum Gasteiger partial charge on any atom is -0.488 e. The Morgan fingerprint density at radius 1 is 1.04 bits per heavy atom. The number of amides is 1. The molecule has 0 atom stereocenters. The largest absolute Gasteiger partial charge is 0.488 e. The first-order valence-corrected chi connectivity index (χ1v) is 9.93. The zero-order valence-electron chi connectivity index (χ0n) is 15.6. The lowest BCUT2D eigenvalue weighted by Crippen LogP contribution is -2.28. The van der Waals surface area contributed by atoms with Crippen LogP contribution in [0.1, 0.15) is 13.3 Å². The minimum atomic E-state index is -0.307. The van der Waals surface area contributed by atoms with Crippen LogP contribution in [0, 0.1) is 0 Å². The van der Waals surface area contributed by atoms with Crippen molar-refractivity contribution >= 4 is 23.4 Å². The van der Waals surface area contributed by atoms with Crippen LogP contribution in [-0.4, -0.2) is 17.1 Å². The highest BCUT2D eigenvalue weighted by Crippen LogP contribution is 2.33. The molecule has 1 aromatic heterocycles. The van der Waals surface area contributed by atoms with Crippen molar-refractivity contribution in [3.8, 4) is 5.75 Å². The maximum Gasteiger partial charge on any atom is 0.293 e. The summed E-state index contributed by atoms with van der Waals surface area (Å²) in [4.78, 5) is 27.0. The van der Waals surface area contributed by atoms with Gasteiger partial charge in [0.15, 0.2) is 5.75 Å². The Hall–Kier alpha value is -2.99. The molecule has 5 nitrogen and oxygen atoms in total. The number of carbonyl (C=O) groups is 1. The normalized spacial score (nSPS) is 10.5. The van der Waals surface area contributed by atoms with Gasteiger partial charge < -0.3 is 14.6 Å². The van der Waals surface area contributed by atoms with Crippen LogP contribution in [0.15, 0.2) is 87.5 Å². The van der Waals surface area contributed by atoms with E-state index in [2.05, 4.69) is 5.32 Å². The van der Waals surface area contributed by atoms with Crippen LogP contribution in [0.25, 0.3) is 0 Å². The predicted molar refractivity (Wildman–Crippen MR) is 112 cm³/mol. The lowest BCUT2D eigenvalue weighted by atomic mass is 10.3. The van der Waals surface area contributed by atoms with Crippen LogP contribution in [-0.2, 0) is 11.3 Å². The van der Waals surface area contributed by atoms with E-state index in [1.807, 2.05) is 61.5 Å². The Labute approximate surface area is 168 Å². The summed E-state index contributed by atoms with van der Waals surface area (Å²) in [5.41, 5.74) is 0.408. The highest BCUT2D eigenvalue weighted by atomic mass is 32.2. The summed E-state index contributed by atoms with van der Waals surface area (Å²) in [5.74, 6) is -0.00645. The quantitative estimate of drug-likeness (QED) is 0.614. The summed E-state index contributed by atoms with van der Waals surface area (Å²) < 4.78 is 6.80. The van der Waals surface area contributed by atoms with Gasteiger partial charge in [-0.1, -0.05) is 49.0 Å². The van der Waals surface area contributed by atoms with Gasteiger partial charge in [-0.25, -0.2) is 0 Å². The lowest BCUT2D eigenvalue weighted by Gasteiger charge is -2.12. The fourth-order valence-corrected chi connectivity index (χ4v) is 3.50. The number of hydrogen-bond acceptors (Lipinski definition) is 4. The van der Waals surface area contributed by atoms with E-state index in [0.29, 0.717) is 12.3 Å². The van der Waals surface area contributed by atoms with Gasteiger partial charge in [0.05, 0.1) is 12.3 Å². The fourth-order valence-electron chi connectivity index (χ4n) is 2.58. The number of pyridine rings is 1. The second kappa shape index (κ2) is 9.80. The predicted octanol–water partition coefficient (Wildman–Crippen LogP) is 4.43. The highest BCUT2D eigenvalue weighted by Gasteiger charge is 2.11. The summed E-state index contributed by atoms with van der Waals surface area (Å²) in [7, 11) is 0. The fraction of sp³-hybridized carbons (Fsp3) is 0.182. The Morgan fingerprint density at radius 3 is 2.57 bits per heavy atom. The number of nitrogens with zero attached hydrogens (tertiary/aromatic N) is 1. The van der Waals surface area contributed by atoms with Crippen LogP contribution in [0.2, 0.25) is 0 Å². The van der Waals surface area contributed by atoms with E-state index >= 15 is 0 Å². The SMILES string of the molecule is CCCOc1cccn(CC(=O)Nc2ccccc2Sc2ccccc2)c1=O. The number of hydrogen-bond donors (Lipinski definition) is 1. The van der Waals surface area contributed by atoms with E-state index in [9.17, 15) is 9.59 Å². The number of rotatable bonds is 8. The molecule has 0 spiro atoms. The van der Waals surface area contributed by atoms with Crippen molar-refractivity contribution in [3.63, 3.8) is 0 Å². The summed E-state index contributed by atoms with van der Waals surface area (Å²) in [6.45, 7) is 2.36. The third-order valence-electron chi connectivity index (χ3n) is 3.89. The number of benzene rings is 2. The first kappa shape index (κ1) is 19.8. The molecule has 1 N–H and O–H groups in total. The number of ether oxygens (including phenoxy) is 1. The molecule has 1 heterocycles. The van der Waals surface area contributed by atoms with Gasteiger partial charge >= 0.3 is 0 Å². The molecule has 0 bridgehead atoms. The van der Waals surface area contributed by atoms with Crippen molar-refractivity contribution in [2.45, 2.75) is 29.7 Å². The van der Waals surface area contributed by atoms with E-state index in [1.165, 1.54) is 4.57 Å². The Kier molecular flexibility index (Phi) is 6.92. The zero-order chi connectivity index (χ0) is 19.8. The van der Waals surface area contributed by atoms with Gasteiger partial charge in [-0.2, -0.15) is 0 Å². The van der Waals surface area contributed by atoms with Crippen LogP contribution >= 0.6 is 11.8 Å². The van der Waals surface area contributed by atoms with Gasteiger partial charge in [-0.05, 0) is 42.8 Å².